The predicted molar refractivity (Wildman–Crippen MR) is 81.8 cm³/mol. The van der Waals surface area contributed by atoms with Crippen LogP contribution in [-0.2, 0) is 17.6 Å². The normalized spacial score (nSPS) is 15.5. The molecule has 0 fully saturated rings. The van der Waals surface area contributed by atoms with Crippen molar-refractivity contribution in [1.82, 2.24) is 5.32 Å². The van der Waals surface area contributed by atoms with Crippen molar-refractivity contribution in [2.24, 2.45) is 5.92 Å². The Morgan fingerprint density at radius 2 is 1.62 bits per heavy atom. The maximum absolute atomic E-state index is 12.4. The van der Waals surface area contributed by atoms with Crippen molar-refractivity contribution in [3.05, 3.63) is 71.3 Å². The third-order valence-corrected chi connectivity index (χ3v) is 4.12. The van der Waals surface area contributed by atoms with Gasteiger partial charge in [0.15, 0.2) is 0 Å². The molecule has 3 rings (SSSR count). The van der Waals surface area contributed by atoms with Crippen LogP contribution in [-0.4, -0.2) is 17.6 Å². The van der Waals surface area contributed by atoms with E-state index in [-0.39, 0.29) is 24.5 Å². The molecule has 2 N–H and O–H groups in total. The Balaban J connectivity index is 1.67. The summed E-state index contributed by atoms with van der Waals surface area (Å²) >= 11 is 0. The van der Waals surface area contributed by atoms with Gasteiger partial charge in [-0.15, -0.1) is 0 Å². The minimum atomic E-state index is -0.331. The first-order valence-corrected chi connectivity index (χ1v) is 7.31. The quantitative estimate of drug-likeness (QED) is 0.903. The molecule has 1 aliphatic carbocycles. The molecule has 108 valence electrons. The number of benzene rings is 2. The van der Waals surface area contributed by atoms with Gasteiger partial charge >= 0.3 is 0 Å². The van der Waals surface area contributed by atoms with Crippen LogP contribution in [0, 0.1) is 5.92 Å². The fourth-order valence-corrected chi connectivity index (χ4v) is 2.95. The molecule has 1 amide bonds. The Morgan fingerprint density at radius 1 is 1.05 bits per heavy atom. The Kier molecular flexibility index (Phi) is 4.02. The van der Waals surface area contributed by atoms with Gasteiger partial charge in [0.1, 0.15) is 0 Å². The average molecular weight is 281 g/mol. The molecule has 0 spiro atoms. The summed E-state index contributed by atoms with van der Waals surface area (Å²) in [6, 6.07) is 17.5. The molecule has 0 aromatic heterocycles. The standard InChI is InChI=1S/C18H19NO2/c20-12-17(13-6-2-1-3-7-13)19-18(21)16-10-14-8-4-5-9-15(14)11-16/h1-9,16-17,20H,10-12H2,(H,19,21). The van der Waals surface area contributed by atoms with Crippen LogP contribution in [0.2, 0.25) is 0 Å². The number of hydrogen-bond donors (Lipinski definition) is 2. The largest absolute Gasteiger partial charge is 0.394 e. The average Bonchev–Trinajstić information content (AvgIpc) is 2.97. The van der Waals surface area contributed by atoms with E-state index < -0.39 is 0 Å². The second kappa shape index (κ2) is 6.10. The zero-order chi connectivity index (χ0) is 14.7. The molecule has 0 bridgehead atoms. The van der Waals surface area contributed by atoms with E-state index in [1.165, 1.54) is 11.1 Å². The van der Waals surface area contributed by atoms with Gasteiger partial charge in [-0.1, -0.05) is 54.6 Å². The van der Waals surface area contributed by atoms with Crippen molar-refractivity contribution in [2.45, 2.75) is 18.9 Å². The summed E-state index contributed by atoms with van der Waals surface area (Å²) in [5.41, 5.74) is 3.46. The maximum Gasteiger partial charge on any atom is 0.224 e. The van der Waals surface area contributed by atoms with Crippen molar-refractivity contribution in [3.63, 3.8) is 0 Å². The summed E-state index contributed by atoms with van der Waals surface area (Å²) in [6.45, 7) is -0.0879. The number of amides is 1. The van der Waals surface area contributed by atoms with Crippen LogP contribution in [0.25, 0.3) is 0 Å². The van der Waals surface area contributed by atoms with E-state index in [4.69, 9.17) is 0 Å². The van der Waals surface area contributed by atoms with Gasteiger partial charge in [-0.05, 0) is 29.5 Å². The molecule has 21 heavy (non-hydrogen) atoms. The number of carbonyl (C=O) groups is 1. The van der Waals surface area contributed by atoms with E-state index >= 15 is 0 Å². The van der Waals surface area contributed by atoms with Crippen molar-refractivity contribution in [1.29, 1.82) is 0 Å². The summed E-state index contributed by atoms with van der Waals surface area (Å²) in [4.78, 5) is 12.4. The first-order chi connectivity index (χ1) is 10.3. The monoisotopic (exact) mass is 281 g/mol. The van der Waals surface area contributed by atoms with Gasteiger partial charge in [0, 0.05) is 5.92 Å². The molecule has 2 aromatic carbocycles. The summed E-state index contributed by atoms with van der Waals surface area (Å²) in [7, 11) is 0. The Hall–Kier alpha value is -2.13. The fraction of sp³-hybridized carbons (Fsp3) is 0.278. The number of rotatable bonds is 4. The van der Waals surface area contributed by atoms with Gasteiger partial charge in [0.05, 0.1) is 12.6 Å². The number of fused-ring (bicyclic) bond motifs is 1. The molecule has 3 nitrogen and oxygen atoms in total. The lowest BCUT2D eigenvalue weighted by atomic mass is 10.0. The van der Waals surface area contributed by atoms with Gasteiger partial charge in [0.2, 0.25) is 5.91 Å². The van der Waals surface area contributed by atoms with E-state index in [1.807, 2.05) is 42.5 Å². The molecule has 0 aliphatic heterocycles. The van der Waals surface area contributed by atoms with Gasteiger partial charge < -0.3 is 10.4 Å². The van der Waals surface area contributed by atoms with E-state index in [1.54, 1.807) is 0 Å². The highest BCUT2D eigenvalue weighted by atomic mass is 16.3. The molecular weight excluding hydrogens is 262 g/mol. The smallest absolute Gasteiger partial charge is 0.224 e. The molecule has 2 aromatic rings. The maximum atomic E-state index is 12.4. The SMILES string of the molecule is O=C(NC(CO)c1ccccc1)C1Cc2ccccc2C1. The summed E-state index contributed by atoms with van der Waals surface area (Å²) < 4.78 is 0. The van der Waals surface area contributed by atoms with Gasteiger partial charge in [-0.25, -0.2) is 0 Å². The number of aliphatic hydroxyl groups excluding tert-OH is 1. The predicted octanol–water partition coefficient (Wildman–Crippen LogP) is 2.25. The number of nitrogens with one attached hydrogen (secondary N) is 1. The first kappa shape index (κ1) is 13.8. The number of carbonyl (C=O) groups excluding carboxylic acids is 1. The third kappa shape index (κ3) is 2.98. The van der Waals surface area contributed by atoms with Crippen LogP contribution in [0.1, 0.15) is 22.7 Å². The molecule has 0 saturated carbocycles. The lowest BCUT2D eigenvalue weighted by molar-refractivity contribution is -0.125. The third-order valence-electron chi connectivity index (χ3n) is 4.12. The highest BCUT2D eigenvalue weighted by Crippen LogP contribution is 2.27. The molecule has 0 radical (unpaired) electrons. The molecule has 3 heteroatoms. The topological polar surface area (TPSA) is 49.3 Å². The van der Waals surface area contributed by atoms with E-state index in [9.17, 15) is 9.90 Å². The minimum Gasteiger partial charge on any atom is -0.394 e. The van der Waals surface area contributed by atoms with Crippen molar-refractivity contribution in [3.8, 4) is 0 Å². The van der Waals surface area contributed by atoms with E-state index in [2.05, 4.69) is 17.4 Å². The second-order valence-electron chi connectivity index (χ2n) is 5.53. The van der Waals surface area contributed by atoms with Crippen LogP contribution < -0.4 is 5.32 Å². The van der Waals surface area contributed by atoms with E-state index in [0.29, 0.717) is 0 Å². The van der Waals surface area contributed by atoms with Gasteiger partial charge in [-0.2, -0.15) is 0 Å². The Labute approximate surface area is 124 Å². The minimum absolute atomic E-state index is 0.0223. The van der Waals surface area contributed by atoms with Crippen LogP contribution >= 0.6 is 0 Å². The number of hydrogen-bond acceptors (Lipinski definition) is 2. The zero-order valence-corrected chi connectivity index (χ0v) is 11.8. The summed E-state index contributed by atoms with van der Waals surface area (Å²) in [5.74, 6) is -0.00531. The van der Waals surface area contributed by atoms with Gasteiger partial charge in [0.25, 0.3) is 0 Å². The van der Waals surface area contributed by atoms with Crippen molar-refractivity contribution in [2.75, 3.05) is 6.61 Å². The Bertz CT molecular complexity index is 599. The summed E-state index contributed by atoms with van der Waals surface area (Å²) in [6.07, 6.45) is 1.57. The fourth-order valence-electron chi connectivity index (χ4n) is 2.95. The van der Waals surface area contributed by atoms with Crippen molar-refractivity contribution >= 4 is 5.91 Å². The highest BCUT2D eigenvalue weighted by Gasteiger charge is 2.28. The molecular formula is C18H19NO2. The van der Waals surface area contributed by atoms with E-state index in [0.717, 1.165) is 18.4 Å². The zero-order valence-electron chi connectivity index (χ0n) is 11.8. The number of aliphatic hydroxyl groups is 1. The second-order valence-corrected chi connectivity index (χ2v) is 5.53. The van der Waals surface area contributed by atoms with Crippen LogP contribution in [0.5, 0.6) is 0 Å². The lowest BCUT2D eigenvalue weighted by Gasteiger charge is -2.19. The summed E-state index contributed by atoms with van der Waals surface area (Å²) in [5, 5.41) is 12.5. The molecule has 0 saturated heterocycles. The molecule has 0 heterocycles. The molecule has 1 unspecified atom stereocenters. The first-order valence-electron chi connectivity index (χ1n) is 7.31. The molecule has 1 atom stereocenters. The van der Waals surface area contributed by atoms with Crippen molar-refractivity contribution < 1.29 is 9.90 Å². The van der Waals surface area contributed by atoms with Crippen LogP contribution in [0.3, 0.4) is 0 Å². The van der Waals surface area contributed by atoms with Gasteiger partial charge in [-0.3, -0.25) is 4.79 Å². The molecule has 1 aliphatic rings. The van der Waals surface area contributed by atoms with Crippen LogP contribution in [0.15, 0.2) is 54.6 Å². The lowest BCUT2D eigenvalue weighted by Crippen LogP contribution is -2.36. The highest BCUT2D eigenvalue weighted by molar-refractivity contribution is 5.80. The Morgan fingerprint density at radius 3 is 2.19 bits per heavy atom. The van der Waals surface area contributed by atoms with Crippen LogP contribution in [0.4, 0.5) is 0 Å².